The first-order chi connectivity index (χ1) is 8.28. The summed E-state index contributed by atoms with van der Waals surface area (Å²) in [4.78, 5) is 2.57. The number of piperidine rings is 1. The van der Waals surface area contributed by atoms with Gasteiger partial charge in [-0.15, -0.1) is 0 Å². The van der Waals surface area contributed by atoms with Crippen LogP contribution in [0.4, 0.5) is 0 Å². The van der Waals surface area contributed by atoms with E-state index in [1.807, 2.05) is 0 Å². The highest BCUT2D eigenvalue weighted by Crippen LogP contribution is 2.14. The molecule has 2 heteroatoms. The molecule has 1 N–H and O–H groups in total. The molecule has 1 fully saturated rings. The van der Waals surface area contributed by atoms with Crippen molar-refractivity contribution in [1.29, 1.82) is 0 Å². The molecule has 0 radical (unpaired) electrons. The highest BCUT2D eigenvalue weighted by atomic mass is 15.1. The van der Waals surface area contributed by atoms with Crippen LogP contribution in [0.1, 0.15) is 30.9 Å². The number of nitrogens with zero attached hydrogens (tertiary/aromatic N) is 1. The SMILES string of the molecule is CCNC1CCN(Cc2ccc(C)cc2)CC1. The standard InChI is InChI=1S/C15H24N2/c1-3-16-15-8-10-17(11-9-15)12-14-6-4-13(2)5-7-14/h4-7,15-16H,3,8-12H2,1-2H3. The smallest absolute Gasteiger partial charge is 0.0233 e. The van der Waals surface area contributed by atoms with Crippen molar-refractivity contribution in [1.82, 2.24) is 10.2 Å². The number of nitrogens with one attached hydrogen (secondary N) is 1. The summed E-state index contributed by atoms with van der Waals surface area (Å²) in [5.74, 6) is 0. The van der Waals surface area contributed by atoms with Crippen molar-refractivity contribution in [3.8, 4) is 0 Å². The van der Waals surface area contributed by atoms with Gasteiger partial charge in [0.15, 0.2) is 0 Å². The van der Waals surface area contributed by atoms with E-state index in [0.717, 1.165) is 19.1 Å². The van der Waals surface area contributed by atoms with Gasteiger partial charge < -0.3 is 5.32 Å². The highest BCUT2D eigenvalue weighted by molar-refractivity contribution is 5.21. The topological polar surface area (TPSA) is 15.3 Å². The second kappa shape index (κ2) is 6.18. The molecule has 94 valence electrons. The van der Waals surface area contributed by atoms with Gasteiger partial charge in [0.1, 0.15) is 0 Å². The molecule has 0 atom stereocenters. The molecular weight excluding hydrogens is 208 g/mol. The molecule has 17 heavy (non-hydrogen) atoms. The molecule has 0 aromatic heterocycles. The van der Waals surface area contributed by atoms with Crippen LogP contribution in [-0.4, -0.2) is 30.6 Å². The average Bonchev–Trinajstić information content (AvgIpc) is 2.35. The molecule has 0 bridgehead atoms. The van der Waals surface area contributed by atoms with Gasteiger partial charge in [0.05, 0.1) is 0 Å². The summed E-state index contributed by atoms with van der Waals surface area (Å²) in [5, 5.41) is 3.55. The van der Waals surface area contributed by atoms with Crippen LogP contribution < -0.4 is 5.32 Å². The van der Waals surface area contributed by atoms with E-state index in [-0.39, 0.29) is 0 Å². The maximum Gasteiger partial charge on any atom is 0.0233 e. The normalized spacial score (nSPS) is 18.5. The minimum Gasteiger partial charge on any atom is -0.314 e. The Kier molecular flexibility index (Phi) is 4.57. The summed E-state index contributed by atoms with van der Waals surface area (Å²) in [5.41, 5.74) is 2.79. The van der Waals surface area contributed by atoms with Crippen LogP contribution >= 0.6 is 0 Å². The van der Waals surface area contributed by atoms with Gasteiger partial charge in [0.25, 0.3) is 0 Å². The molecule has 1 aliphatic rings. The van der Waals surface area contributed by atoms with E-state index in [4.69, 9.17) is 0 Å². The predicted octanol–water partition coefficient (Wildman–Crippen LogP) is 2.57. The van der Waals surface area contributed by atoms with Crippen molar-refractivity contribution < 1.29 is 0 Å². The Morgan fingerprint density at radius 1 is 1.18 bits per heavy atom. The number of hydrogen-bond donors (Lipinski definition) is 1. The third-order valence-corrected chi connectivity index (χ3v) is 3.61. The van der Waals surface area contributed by atoms with Crippen molar-refractivity contribution in [3.05, 3.63) is 35.4 Å². The largest absolute Gasteiger partial charge is 0.314 e. The Hall–Kier alpha value is -0.860. The van der Waals surface area contributed by atoms with Gasteiger partial charge in [-0.25, -0.2) is 0 Å². The molecule has 1 heterocycles. The quantitative estimate of drug-likeness (QED) is 0.858. The maximum absolute atomic E-state index is 3.55. The van der Waals surface area contributed by atoms with E-state index in [0.29, 0.717) is 0 Å². The van der Waals surface area contributed by atoms with Crippen LogP contribution in [0.3, 0.4) is 0 Å². The van der Waals surface area contributed by atoms with Gasteiger partial charge in [-0.05, 0) is 45.0 Å². The van der Waals surface area contributed by atoms with E-state index in [1.54, 1.807) is 0 Å². The lowest BCUT2D eigenvalue weighted by atomic mass is 10.0. The van der Waals surface area contributed by atoms with Gasteiger partial charge in [-0.3, -0.25) is 4.90 Å². The molecule has 1 aromatic carbocycles. The number of hydrogen-bond acceptors (Lipinski definition) is 2. The first-order valence-corrected chi connectivity index (χ1v) is 6.79. The molecular formula is C15H24N2. The zero-order valence-electron chi connectivity index (χ0n) is 11.1. The Bertz CT molecular complexity index is 323. The van der Waals surface area contributed by atoms with E-state index < -0.39 is 0 Å². The number of likely N-dealkylation sites (tertiary alicyclic amines) is 1. The molecule has 0 aliphatic carbocycles. The zero-order valence-corrected chi connectivity index (χ0v) is 11.1. The first-order valence-electron chi connectivity index (χ1n) is 6.79. The lowest BCUT2D eigenvalue weighted by molar-refractivity contribution is 0.192. The third kappa shape index (κ3) is 3.83. The van der Waals surface area contributed by atoms with Gasteiger partial charge in [0.2, 0.25) is 0 Å². The second-order valence-electron chi connectivity index (χ2n) is 5.09. The van der Waals surface area contributed by atoms with E-state index in [9.17, 15) is 0 Å². The molecule has 0 amide bonds. The van der Waals surface area contributed by atoms with Gasteiger partial charge in [-0.1, -0.05) is 36.8 Å². The van der Waals surface area contributed by atoms with E-state index in [1.165, 1.54) is 37.1 Å². The summed E-state index contributed by atoms with van der Waals surface area (Å²) in [6, 6.07) is 9.67. The average molecular weight is 232 g/mol. The van der Waals surface area contributed by atoms with Crippen molar-refractivity contribution in [3.63, 3.8) is 0 Å². The molecule has 1 aliphatic heterocycles. The molecule has 1 saturated heterocycles. The lowest BCUT2D eigenvalue weighted by Gasteiger charge is -2.32. The fraction of sp³-hybridized carbons (Fsp3) is 0.600. The second-order valence-corrected chi connectivity index (χ2v) is 5.09. The Morgan fingerprint density at radius 2 is 1.82 bits per heavy atom. The van der Waals surface area contributed by atoms with Gasteiger partial charge in [0, 0.05) is 12.6 Å². The molecule has 2 nitrogen and oxygen atoms in total. The fourth-order valence-corrected chi connectivity index (χ4v) is 2.54. The Morgan fingerprint density at radius 3 is 2.41 bits per heavy atom. The zero-order chi connectivity index (χ0) is 12.1. The molecule has 2 rings (SSSR count). The molecule has 0 saturated carbocycles. The van der Waals surface area contributed by atoms with Crippen molar-refractivity contribution in [2.24, 2.45) is 0 Å². The summed E-state index contributed by atoms with van der Waals surface area (Å²) in [6.07, 6.45) is 2.58. The minimum atomic E-state index is 0.745. The molecule has 1 aromatic rings. The minimum absolute atomic E-state index is 0.745. The number of rotatable bonds is 4. The van der Waals surface area contributed by atoms with Crippen LogP contribution in [0, 0.1) is 6.92 Å². The molecule has 0 spiro atoms. The summed E-state index contributed by atoms with van der Waals surface area (Å²) >= 11 is 0. The van der Waals surface area contributed by atoms with Crippen LogP contribution in [-0.2, 0) is 6.54 Å². The van der Waals surface area contributed by atoms with Crippen LogP contribution in [0.25, 0.3) is 0 Å². The van der Waals surface area contributed by atoms with Crippen molar-refractivity contribution in [2.75, 3.05) is 19.6 Å². The monoisotopic (exact) mass is 232 g/mol. The van der Waals surface area contributed by atoms with Crippen molar-refractivity contribution in [2.45, 2.75) is 39.3 Å². The summed E-state index contributed by atoms with van der Waals surface area (Å²) in [6.45, 7) is 9.00. The Balaban J connectivity index is 1.79. The maximum atomic E-state index is 3.55. The van der Waals surface area contributed by atoms with E-state index >= 15 is 0 Å². The predicted molar refractivity (Wildman–Crippen MR) is 73.2 cm³/mol. The van der Waals surface area contributed by atoms with Crippen LogP contribution in [0.5, 0.6) is 0 Å². The first kappa shape index (κ1) is 12.6. The van der Waals surface area contributed by atoms with Crippen LogP contribution in [0.2, 0.25) is 0 Å². The summed E-state index contributed by atoms with van der Waals surface area (Å²) < 4.78 is 0. The van der Waals surface area contributed by atoms with Crippen molar-refractivity contribution >= 4 is 0 Å². The fourth-order valence-electron chi connectivity index (χ4n) is 2.54. The van der Waals surface area contributed by atoms with Gasteiger partial charge in [-0.2, -0.15) is 0 Å². The third-order valence-electron chi connectivity index (χ3n) is 3.61. The van der Waals surface area contributed by atoms with Crippen LogP contribution in [0.15, 0.2) is 24.3 Å². The summed E-state index contributed by atoms with van der Waals surface area (Å²) in [7, 11) is 0. The number of aryl methyl sites for hydroxylation is 1. The number of benzene rings is 1. The highest BCUT2D eigenvalue weighted by Gasteiger charge is 2.17. The van der Waals surface area contributed by atoms with Gasteiger partial charge >= 0.3 is 0 Å². The lowest BCUT2D eigenvalue weighted by Crippen LogP contribution is -2.42. The molecule has 0 unspecified atom stereocenters. The van der Waals surface area contributed by atoms with E-state index in [2.05, 4.69) is 48.3 Å². The Labute approximate surface area is 105 Å².